The fourth-order valence-corrected chi connectivity index (χ4v) is 2.61. The zero-order valence-electron chi connectivity index (χ0n) is 13.3. The zero-order valence-corrected chi connectivity index (χ0v) is 13.3. The summed E-state index contributed by atoms with van der Waals surface area (Å²) in [6, 6.07) is 4.96. The van der Waals surface area contributed by atoms with E-state index in [1.54, 1.807) is 18.2 Å². The molecule has 0 unspecified atom stereocenters. The molecule has 0 saturated carbocycles. The molecule has 1 aliphatic rings. The maximum Gasteiger partial charge on any atom is 0.341 e. The summed E-state index contributed by atoms with van der Waals surface area (Å²) >= 11 is 0. The van der Waals surface area contributed by atoms with Crippen molar-refractivity contribution >= 4 is 11.7 Å². The summed E-state index contributed by atoms with van der Waals surface area (Å²) < 4.78 is 5.27. The van der Waals surface area contributed by atoms with Crippen molar-refractivity contribution in [1.82, 2.24) is 4.90 Å². The summed E-state index contributed by atoms with van der Waals surface area (Å²) in [4.78, 5) is 14.3. The van der Waals surface area contributed by atoms with E-state index in [9.17, 15) is 9.90 Å². The van der Waals surface area contributed by atoms with Gasteiger partial charge in [-0.3, -0.25) is 4.90 Å². The summed E-state index contributed by atoms with van der Waals surface area (Å²) in [5.74, 6) is -0.499. The van der Waals surface area contributed by atoms with Crippen molar-refractivity contribution in [3.8, 4) is 5.75 Å². The van der Waals surface area contributed by atoms with Gasteiger partial charge >= 0.3 is 5.97 Å². The molecule has 0 spiro atoms. The maximum absolute atomic E-state index is 12.0. The monoisotopic (exact) mass is 306 g/mol. The van der Waals surface area contributed by atoms with Gasteiger partial charge in [0.05, 0.1) is 0 Å². The molecular weight excluding hydrogens is 280 g/mol. The number of esters is 1. The third kappa shape index (κ3) is 4.91. The number of piperidine rings is 1. The number of benzene rings is 1. The molecule has 2 N–H and O–H groups in total. The molecule has 2 rings (SSSR count). The summed E-state index contributed by atoms with van der Waals surface area (Å²) in [5, 5.41) is 13.1. The van der Waals surface area contributed by atoms with Crippen LogP contribution in [-0.2, 0) is 4.74 Å². The summed E-state index contributed by atoms with van der Waals surface area (Å²) in [5.41, 5.74) is 1.03. The van der Waals surface area contributed by atoms with Crippen LogP contribution >= 0.6 is 0 Å². The lowest BCUT2D eigenvalue weighted by Crippen LogP contribution is -2.33. The SMILES string of the molecule is CCCNc1ccc(C(=O)OCCN2CCCCC2)c(O)c1. The normalized spacial score (nSPS) is 15.5. The molecule has 0 aliphatic carbocycles. The Balaban J connectivity index is 1.81. The van der Waals surface area contributed by atoms with Gasteiger partial charge < -0.3 is 15.2 Å². The minimum Gasteiger partial charge on any atom is -0.507 e. The van der Waals surface area contributed by atoms with Crippen LogP contribution in [0.4, 0.5) is 5.69 Å². The van der Waals surface area contributed by atoms with Gasteiger partial charge in [0.25, 0.3) is 0 Å². The van der Waals surface area contributed by atoms with E-state index in [-0.39, 0.29) is 11.3 Å². The third-order valence-electron chi connectivity index (χ3n) is 3.89. The number of carbonyl (C=O) groups is 1. The van der Waals surface area contributed by atoms with Crippen LogP contribution in [0.2, 0.25) is 0 Å². The number of nitrogens with one attached hydrogen (secondary N) is 1. The van der Waals surface area contributed by atoms with Crippen LogP contribution in [0.3, 0.4) is 0 Å². The predicted octanol–water partition coefficient (Wildman–Crippen LogP) is 2.86. The Morgan fingerprint density at radius 2 is 2.09 bits per heavy atom. The first-order valence-electron chi connectivity index (χ1n) is 8.17. The van der Waals surface area contributed by atoms with Crippen LogP contribution < -0.4 is 5.32 Å². The van der Waals surface area contributed by atoms with Gasteiger partial charge in [0.15, 0.2) is 0 Å². The van der Waals surface area contributed by atoms with Crippen LogP contribution in [0.1, 0.15) is 43.0 Å². The van der Waals surface area contributed by atoms with E-state index in [0.717, 1.165) is 38.3 Å². The van der Waals surface area contributed by atoms with Crippen molar-refractivity contribution < 1.29 is 14.6 Å². The highest BCUT2D eigenvalue weighted by molar-refractivity contribution is 5.93. The lowest BCUT2D eigenvalue weighted by molar-refractivity contribution is 0.0449. The number of aromatic hydroxyl groups is 1. The first-order valence-corrected chi connectivity index (χ1v) is 8.17. The average Bonchev–Trinajstić information content (AvgIpc) is 2.54. The molecule has 0 bridgehead atoms. The van der Waals surface area contributed by atoms with E-state index in [2.05, 4.69) is 17.1 Å². The quantitative estimate of drug-likeness (QED) is 0.759. The number of nitrogens with zero attached hydrogens (tertiary/aromatic N) is 1. The Kier molecular flexibility index (Phi) is 6.52. The van der Waals surface area contributed by atoms with Crippen molar-refractivity contribution in [2.45, 2.75) is 32.6 Å². The number of ether oxygens (including phenoxy) is 1. The van der Waals surface area contributed by atoms with Gasteiger partial charge in [-0.05, 0) is 44.5 Å². The molecule has 0 atom stereocenters. The van der Waals surface area contributed by atoms with Gasteiger partial charge in [0, 0.05) is 24.8 Å². The molecular formula is C17H26N2O3. The Morgan fingerprint density at radius 3 is 2.77 bits per heavy atom. The van der Waals surface area contributed by atoms with Crippen molar-refractivity contribution in [3.63, 3.8) is 0 Å². The molecule has 1 aliphatic heterocycles. The van der Waals surface area contributed by atoms with Crippen LogP contribution in [0.5, 0.6) is 5.75 Å². The maximum atomic E-state index is 12.0. The van der Waals surface area contributed by atoms with Crippen molar-refractivity contribution in [3.05, 3.63) is 23.8 Å². The van der Waals surface area contributed by atoms with E-state index in [1.165, 1.54) is 19.3 Å². The van der Waals surface area contributed by atoms with Crippen molar-refractivity contribution in [2.24, 2.45) is 0 Å². The predicted molar refractivity (Wildman–Crippen MR) is 87.5 cm³/mol. The van der Waals surface area contributed by atoms with Crippen LogP contribution in [0.15, 0.2) is 18.2 Å². The van der Waals surface area contributed by atoms with E-state index < -0.39 is 5.97 Å². The molecule has 0 amide bonds. The van der Waals surface area contributed by atoms with Crippen LogP contribution in [-0.4, -0.2) is 48.8 Å². The lowest BCUT2D eigenvalue weighted by atomic mass is 10.1. The molecule has 1 aromatic carbocycles. The summed E-state index contributed by atoms with van der Waals surface area (Å²) in [6.45, 7) is 6.21. The number of phenols is 1. The van der Waals surface area contributed by atoms with Crippen molar-refractivity contribution in [1.29, 1.82) is 0 Å². The van der Waals surface area contributed by atoms with Gasteiger partial charge in [-0.2, -0.15) is 0 Å². The van der Waals surface area contributed by atoms with Gasteiger partial charge in [-0.15, -0.1) is 0 Å². The molecule has 5 nitrogen and oxygen atoms in total. The first kappa shape index (κ1) is 16.6. The first-order chi connectivity index (χ1) is 10.7. The number of anilines is 1. The Morgan fingerprint density at radius 1 is 1.32 bits per heavy atom. The van der Waals surface area contributed by atoms with Gasteiger partial charge in [-0.25, -0.2) is 4.79 Å². The van der Waals surface area contributed by atoms with E-state index >= 15 is 0 Å². The molecule has 1 aromatic rings. The number of likely N-dealkylation sites (tertiary alicyclic amines) is 1. The number of hydrogen-bond donors (Lipinski definition) is 2. The van der Waals surface area contributed by atoms with Gasteiger partial charge in [0.2, 0.25) is 0 Å². The molecule has 1 fully saturated rings. The largest absolute Gasteiger partial charge is 0.507 e. The molecule has 22 heavy (non-hydrogen) atoms. The number of hydrogen-bond acceptors (Lipinski definition) is 5. The highest BCUT2D eigenvalue weighted by Gasteiger charge is 2.15. The summed E-state index contributed by atoms with van der Waals surface area (Å²) in [7, 11) is 0. The molecule has 0 aromatic heterocycles. The number of carbonyl (C=O) groups excluding carboxylic acids is 1. The van der Waals surface area contributed by atoms with E-state index in [4.69, 9.17) is 4.74 Å². The standard InChI is InChI=1S/C17H26N2O3/c1-2-8-18-14-6-7-15(16(20)13-14)17(21)22-12-11-19-9-4-3-5-10-19/h6-7,13,18,20H,2-5,8-12H2,1H3. The lowest BCUT2D eigenvalue weighted by Gasteiger charge is -2.25. The summed E-state index contributed by atoms with van der Waals surface area (Å²) in [6.07, 6.45) is 4.74. The van der Waals surface area contributed by atoms with Gasteiger partial charge in [-0.1, -0.05) is 13.3 Å². The van der Waals surface area contributed by atoms with Crippen LogP contribution in [0.25, 0.3) is 0 Å². The second kappa shape index (κ2) is 8.63. The second-order valence-corrected chi connectivity index (χ2v) is 5.70. The molecule has 5 heteroatoms. The average molecular weight is 306 g/mol. The zero-order chi connectivity index (χ0) is 15.8. The molecule has 1 heterocycles. The Hall–Kier alpha value is -1.75. The van der Waals surface area contributed by atoms with E-state index in [1.807, 2.05) is 0 Å². The Bertz CT molecular complexity index is 485. The fraction of sp³-hybridized carbons (Fsp3) is 0.588. The smallest absolute Gasteiger partial charge is 0.341 e. The molecule has 0 radical (unpaired) electrons. The second-order valence-electron chi connectivity index (χ2n) is 5.70. The fourth-order valence-electron chi connectivity index (χ4n) is 2.61. The van der Waals surface area contributed by atoms with Crippen molar-refractivity contribution in [2.75, 3.05) is 38.1 Å². The van der Waals surface area contributed by atoms with Crippen LogP contribution in [0, 0.1) is 0 Å². The molecule has 1 saturated heterocycles. The topological polar surface area (TPSA) is 61.8 Å². The third-order valence-corrected chi connectivity index (χ3v) is 3.89. The van der Waals surface area contributed by atoms with E-state index in [0.29, 0.717) is 6.61 Å². The van der Waals surface area contributed by atoms with Gasteiger partial charge in [0.1, 0.15) is 17.9 Å². The minimum atomic E-state index is -0.462. The highest BCUT2D eigenvalue weighted by Crippen LogP contribution is 2.22. The highest BCUT2D eigenvalue weighted by atomic mass is 16.5. The number of phenolic OH excluding ortho intramolecular Hbond substituents is 1. The molecule has 122 valence electrons. The minimum absolute atomic E-state index is 0.0379. The number of rotatable bonds is 7. The Labute approximate surface area is 132 Å².